The first-order chi connectivity index (χ1) is 10.5. The molecule has 0 aliphatic carbocycles. The number of benzene rings is 1. The van der Waals surface area contributed by atoms with Gasteiger partial charge in [0.2, 0.25) is 0 Å². The van der Waals surface area contributed by atoms with E-state index >= 15 is 0 Å². The van der Waals surface area contributed by atoms with Crippen molar-refractivity contribution in [3.05, 3.63) is 34.1 Å². The Morgan fingerprint density at radius 1 is 1.59 bits per heavy atom. The Kier molecular flexibility index (Phi) is 4.64. The number of thioether (sulfide) groups is 1. The Balaban J connectivity index is 1.67. The van der Waals surface area contributed by atoms with Crippen molar-refractivity contribution >= 4 is 28.6 Å². The summed E-state index contributed by atoms with van der Waals surface area (Å²) in [6.45, 7) is 2.49. The summed E-state index contributed by atoms with van der Waals surface area (Å²) < 4.78 is 19.5. The number of nitrogens with zero attached hydrogens (tertiary/aromatic N) is 1. The summed E-state index contributed by atoms with van der Waals surface area (Å²) in [5, 5.41) is 10.1. The summed E-state index contributed by atoms with van der Waals surface area (Å²) in [6.07, 6.45) is 0.00307. The second-order valence-corrected chi connectivity index (χ2v) is 6.96. The van der Waals surface area contributed by atoms with Crippen molar-refractivity contribution in [1.82, 2.24) is 4.90 Å². The van der Waals surface area contributed by atoms with Gasteiger partial charge in [-0.3, -0.25) is 4.79 Å². The van der Waals surface area contributed by atoms with E-state index in [-0.39, 0.29) is 35.6 Å². The van der Waals surface area contributed by atoms with Gasteiger partial charge in [-0.05, 0) is 25.0 Å². The molecule has 0 radical (unpaired) electrons. The smallest absolute Gasteiger partial charge is 0.282 e. The average Bonchev–Trinajstić information content (AvgIpc) is 3.06. The Morgan fingerprint density at radius 3 is 3.14 bits per heavy atom. The number of amides is 1. The first-order valence-corrected chi connectivity index (χ1v) is 8.52. The van der Waals surface area contributed by atoms with Crippen molar-refractivity contribution in [1.29, 1.82) is 0 Å². The van der Waals surface area contributed by atoms with Gasteiger partial charge in [0.15, 0.2) is 0 Å². The fourth-order valence-corrected chi connectivity index (χ4v) is 4.24. The van der Waals surface area contributed by atoms with E-state index in [1.54, 1.807) is 24.0 Å². The highest BCUT2D eigenvalue weighted by Crippen LogP contribution is 2.33. The van der Waals surface area contributed by atoms with Gasteiger partial charge in [-0.25, -0.2) is 4.39 Å². The molecule has 120 valence electrons. The second-order valence-electron chi connectivity index (χ2n) is 5.62. The number of ether oxygens (including phenoxy) is 1. The number of hydrogen-bond acceptors (Lipinski definition) is 4. The molecule has 2 aliphatic rings. The summed E-state index contributed by atoms with van der Waals surface area (Å²) in [4.78, 5) is 14.0. The average molecular weight is 346 g/mol. The number of hydrogen-bond donors (Lipinski definition) is 1. The van der Waals surface area contributed by atoms with Crippen molar-refractivity contribution in [2.24, 2.45) is 0 Å². The zero-order chi connectivity index (χ0) is 15.9. The monoisotopic (exact) mass is 345 g/mol. The minimum Gasteiger partial charge on any atom is -0.388 e. The molecule has 3 atom stereocenters. The highest BCUT2D eigenvalue weighted by molar-refractivity contribution is 8.12. The molecule has 2 aliphatic heterocycles. The maximum atomic E-state index is 14.1. The standard InChI is InChI=1S/C15H17ClFNO3S/c1-8-2-3-10(16)9(13(8)17)7-22-15(20)18-5-4-12-14(18)11(19)6-21-12/h2-3,11-12,14,19H,4-7H2,1H3/t11-,12+,14+/m0/s1. The Labute approximate surface area is 137 Å². The number of fused-ring (bicyclic) bond motifs is 1. The summed E-state index contributed by atoms with van der Waals surface area (Å²) in [5.74, 6) is -0.188. The molecule has 4 nitrogen and oxygen atoms in total. The van der Waals surface area contributed by atoms with Gasteiger partial charge in [-0.2, -0.15) is 0 Å². The van der Waals surface area contributed by atoms with Crippen LogP contribution in [0.4, 0.5) is 9.18 Å². The van der Waals surface area contributed by atoms with Crippen LogP contribution in [0.25, 0.3) is 0 Å². The minimum absolute atomic E-state index is 0.0844. The van der Waals surface area contributed by atoms with Crippen molar-refractivity contribution in [3.8, 4) is 0 Å². The molecule has 22 heavy (non-hydrogen) atoms. The van der Waals surface area contributed by atoms with Crippen molar-refractivity contribution in [2.75, 3.05) is 13.2 Å². The van der Waals surface area contributed by atoms with Gasteiger partial charge in [-0.15, -0.1) is 0 Å². The van der Waals surface area contributed by atoms with Gasteiger partial charge in [0.25, 0.3) is 5.24 Å². The lowest BCUT2D eigenvalue weighted by Gasteiger charge is -2.24. The Morgan fingerprint density at radius 2 is 2.36 bits per heavy atom. The van der Waals surface area contributed by atoms with Crippen LogP contribution in [0.3, 0.4) is 0 Å². The number of carbonyl (C=O) groups excluding carboxylic acids is 1. The van der Waals surface area contributed by atoms with Gasteiger partial charge in [0.05, 0.1) is 18.8 Å². The van der Waals surface area contributed by atoms with Crippen LogP contribution in [0.1, 0.15) is 17.5 Å². The van der Waals surface area contributed by atoms with E-state index in [2.05, 4.69) is 0 Å². The fourth-order valence-electron chi connectivity index (χ4n) is 3.02. The van der Waals surface area contributed by atoms with E-state index in [0.717, 1.165) is 18.2 Å². The Hall–Kier alpha value is -0.820. The molecule has 1 amide bonds. The van der Waals surface area contributed by atoms with Gasteiger partial charge in [-0.1, -0.05) is 29.4 Å². The lowest BCUT2D eigenvalue weighted by Crippen LogP contribution is -2.42. The predicted octanol–water partition coefficient (Wildman–Crippen LogP) is 2.97. The van der Waals surface area contributed by atoms with Crippen LogP contribution in [-0.4, -0.2) is 46.6 Å². The summed E-state index contributed by atoms with van der Waals surface area (Å²) >= 11 is 7.03. The summed E-state index contributed by atoms with van der Waals surface area (Å²) in [6, 6.07) is 2.98. The number of carbonyl (C=O) groups is 1. The predicted molar refractivity (Wildman–Crippen MR) is 83.7 cm³/mol. The first-order valence-electron chi connectivity index (χ1n) is 7.15. The van der Waals surface area contributed by atoms with Gasteiger partial charge < -0.3 is 14.7 Å². The fraction of sp³-hybridized carbons (Fsp3) is 0.533. The number of rotatable bonds is 2. The van der Waals surface area contributed by atoms with E-state index < -0.39 is 6.10 Å². The van der Waals surface area contributed by atoms with Gasteiger partial charge >= 0.3 is 0 Å². The molecule has 3 rings (SSSR count). The molecule has 0 saturated carbocycles. The summed E-state index contributed by atoms with van der Waals surface area (Å²) in [7, 11) is 0. The molecule has 1 aromatic carbocycles. The molecule has 1 aromatic rings. The van der Waals surface area contributed by atoms with Crippen LogP contribution < -0.4 is 0 Å². The van der Waals surface area contributed by atoms with Gasteiger partial charge in [0.1, 0.15) is 11.9 Å². The zero-order valence-corrected chi connectivity index (χ0v) is 13.7. The molecule has 1 N–H and O–H groups in total. The number of aliphatic hydroxyl groups is 1. The molecule has 0 unspecified atom stereocenters. The third-order valence-corrected chi connectivity index (χ3v) is 5.49. The van der Waals surface area contributed by atoms with Crippen LogP contribution in [0.15, 0.2) is 12.1 Å². The van der Waals surface area contributed by atoms with Crippen molar-refractivity contribution in [3.63, 3.8) is 0 Å². The number of aryl methyl sites for hydroxylation is 1. The molecule has 0 spiro atoms. The van der Waals surface area contributed by atoms with Crippen LogP contribution in [0.5, 0.6) is 0 Å². The molecule has 2 saturated heterocycles. The maximum absolute atomic E-state index is 14.1. The molecule has 7 heteroatoms. The van der Waals surface area contributed by atoms with E-state index in [1.807, 2.05) is 0 Å². The molecular formula is C15H17ClFNO3S. The lowest BCUT2D eigenvalue weighted by molar-refractivity contribution is 0.0849. The third kappa shape index (κ3) is 2.85. The van der Waals surface area contributed by atoms with Crippen LogP contribution in [0.2, 0.25) is 5.02 Å². The Bertz CT molecular complexity index is 600. The van der Waals surface area contributed by atoms with Crippen LogP contribution in [0, 0.1) is 12.7 Å². The molecule has 0 aromatic heterocycles. The second kappa shape index (κ2) is 6.35. The highest BCUT2D eigenvalue weighted by atomic mass is 35.5. The molecular weight excluding hydrogens is 329 g/mol. The van der Waals surface area contributed by atoms with E-state index in [4.69, 9.17) is 16.3 Å². The maximum Gasteiger partial charge on any atom is 0.282 e. The van der Waals surface area contributed by atoms with Crippen LogP contribution >= 0.6 is 23.4 Å². The number of aliphatic hydroxyl groups excluding tert-OH is 1. The van der Waals surface area contributed by atoms with Gasteiger partial charge in [0, 0.05) is 22.9 Å². The van der Waals surface area contributed by atoms with Crippen molar-refractivity contribution < 1.29 is 19.0 Å². The normalized spacial score (nSPS) is 27.3. The zero-order valence-electron chi connectivity index (χ0n) is 12.1. The SMILES string of the molecule is Cc1ccc(Cl)c(CSC(=O)N2CC[C@H]3OC[C@H](O)[C@H]32)c1F. The lowest BCUT2D eigenvalue weighted by atomic mass is 10.1. The number of halogens is 2. The molecule has 2 fully saturated rings. The summed E-state index contributed by atoms with van der Waals surface area (Å²) in [5.41, 5.74) is 0.854. The third-order valence-electron chi connectivity index (χ3n) is 4.22. The molecule has 2 heterocycles. The largest absolute Gasteiger partial charge is 0.388 e. The first kappa shape index (κ1) is 16.1. The van der Waals surface area contributed by atoms with E-state index in [9.17, 15) is 14.3 Å². The minimum atomic E-state index is -0.642. The van der Waals surface area contributed by atoms with E-state index in [0.29, 0.717) is 22.7 Å². The van der Waals surface area contributed by atoms with Crippen LogP contribution in [-0.2, 0) is 10.5 Å². The van der Waals surface area contributed by atoms with Crippen molar-refractivity contribution in [2.45, 2.75) is 37.3 Å². The molecule has 0 bridgehead atoms. The topological polar surface area (TPSA) is 49.8 Å². The number of likely N-dealkylation sites (tertiary alicyclic amines) is 1. The quantitative estimate of drug-likeness (QED) is 0.895. The van der Waals surface area contributed by atoms with E-state index in [1.165, 1.54) is 0 Å². The highest BCUT2D eigenvalue weighted by Gasteiger charge is 2.46.